The number of hydrogen-bond donors (Lipinski definition) is 3. The van der Waals surface area contributed by atoms with Crippen LogP contribution in [0.4, 0.5) is 36.8 Å². The Morgan fingerprint density at radius 1 is 0.889 bits per heavy atom. The van der Waals surface area contributed by atoms with Gasteiger partial charge in [0.05, 0.1) is 21.6 Å². The number of piperazine rings is 1. The summed E-state index contributed by atoms with van der Waals surface area (Å²) in [6.45, 7) is 2.25. The van der Waals surface area contributed by atoms with Gasteiger partial charge in [-0.05, 0) is 71.8 Å². The number of carbonyl (C=O) groups excluding carboxylic acids is 3. The fraction of sp³-hybridized carbons (Fsp3) is 0.286. The third-order valence-corrected chi connectivity index (χ3v) is 9.80. The number of halogens is 6. The van der Waals surface area contributed by atoms with Crippen molar-refractivity contribution in [2.75, 3.05) is 51.2 Å². The van der Waals surface area contributed by atoms with Crippen molar-refractivity contribution in [1.29, 1.82) is 0 Å². The molecular weight excluding hydrogens is 765 g/mol. The van der Waals surface area contributed by atoms with E-state index in [1.807, 2.05) is 4.90 Å². The maximum absolute atomic E-state index is 13.7. The second-order valence-electron chi connectivity index (χ2n) is 12.1. The van der Waals surface area contributed by atoms with Crippen LogP contribution in [0.25, 0.3) is 17.2 Å². The van der Waals surface area contributed by atoms with Crippen molar-refractivity contribution in [1.82, 2.24) is 14.7 Å². The molecule has 2 saturated heterocycles. The van der Waals surface area contributed by atoms with E-state index in [0.29, 0.717) is 50.5 Å². The van der Waals surface area contributed by atoms with Crippen molar-refractivity contribution in [3.05, 3.63) is 87.8 Å². The Morgan fingerprint density at radius 3 is 2.09 bits per heavy atom. The van der Waals surface area contributed by atoms with Crippen molar-refractivity contribution < 1.29 is 55.4 Å². The van der Waals surface area contributed by atoms with Crippen LogP contribution in [0.5, 0.6) is 5.75 Å². The van der Waals surface area contributed by atoms with E-state index in [2.05, 4.69) is 5.32 Å². The van der Waals surface area contributed by atoms with Gasteiger partial charge in [-0.15, -0.1) is 0 Å². The van der Waals surface area contributed by atoms with E-state index in [9.17, 15) is 45.5 Å². The Hall–Kier alpha value is -5.14. The molecule has 0 atom stereocenters. The van der Waals surface area contributed by atoms with E-state index in [1.54, 1.807) is 0 Å². The number of thiocarbonyl (C=S) groups is 1. The molecule has 286 valence electrons. The van der Waals surface area contributed by atoms with Crippen molar-refractivity contribution in [2.45, 2.75) is 18.8 Å². The molecule has 2 aliphatic rings. The Balaban J connectivity index is 1.38. The number of nitrogens with zero attached hydrogens (tertiary/aromatic N) is 3. The molecule has 4 amide bonds. The number of carbonyl (C=O) groups is 4. The van der Waals surface area contributed by atoms with E-state index in [-0.39, 0.29) is 62.9 Å². The minimum absolute atomic E-state index is 0.0173. The molecule has 3 aromatic carbocycles. The molecule has 11 nitrogen and oxygen atoms in total. The van der Waals surface area contributed by atoms with Gasteiger partial charge in [0.25, 0.3) is 5.91 Å². The lowest BCUT2D eigenvalue weighted by atomic mass is 9.97. The zero-order chi connectivity index (χ0) is 39.4. The first-order valence-electron chi connectivity index (χ1n) is 16.1. The van der Waals surface area contributed by atoms with Crippen LogP contribution in [0.15, 0.2) is 65.6 Å². The van der Waals surface area contributed by atoms with Gasteiger partial charge in [-0.2, -0.15) is 26.3 Å². The highest BCUT2D eigenvalue weighted by Crippen LogP contribution is 2.40. The fourth-order valence-electron chi connectivity index (χ4n) is 5.54. The molecule has 54 heavy (non-hydrogen) atoms. The van der Waals surface area contributed by atoms with Gasteiger partial charge in [-0.25, -0.2) is 9.59 Å². The van der Waals surface area contributed by atoms with Gasteiger partial charge in [0.2, 0.25) is 5.91 Å². The summed E-state index contributed by atoms with van der Waals surface area (Å²) in [6, 6.07) is 10.2. The molecule has 2 aliphatic heterocycles. The molecule has 19 heteroatoms. The lowest BCUT2D eigenvalue weighted by Gasteiger charge is -2.33. The summed E-state index contributed by atoms with van der Waals surface area (Å²) >= 11 is 6.27. The number of rotatable bonds is 11. The molecule has 4 N–H and O–H groups in total. The normalized spacial score (nSPS) is 16.2. The van der Waals surface area contributed by atoms with Gasteiger partial charge in [0, 0.05) is 56.9 Å². The number of ether oxygens (including phenoxy) is 1. The Morgan fingerprint density at radius 2 is 1.52 bits per heavy atom. The fourth-order valence-corrected chi connectivity index (χ4v) is 6.84. The summed E-state index contributed by atoms with van der Waals surface area (Å²) in [4.78, 5) is 53.4. The number of carboxylic acids is 1. The van der Waals surface area contributed by atoms with Crippen LogP contribution in [-0.4, -0.2) is 93.8 Å². The smallest absolute Gasteiger partial charge is 0.416 e. The molecule has 0 unspecified atom stereocenters. The van der Waals surface area contributed by atoms with Crippen LogP contribution in [-0.2, 0) is 21.9 Å². The molecule has 3 aromatic rings. The standard InChI is InChI=1S/C35H31F6N5O6S2/c36-34(37,38)24-16-22(17-25(19-24)35(39,40)41)21-3-6-27(52-14-13-44-9-11-45(12-10-44)32(42)51)23(15-21)18-28-30(48)46(33(53)54-28)8-7-29(47)43-26-4-1-20(2-5-26)31(49)50/h1-6,15-19H,7-14H2,(H2,42,51)(H,43,47)(H,49,50)/b28-18-. The molecule has 0 radical (unpaired) electrons. The van der Waals surface area contributed by atoms with Crippen molar-refractivity contribution in [2.24, 2.45) is 5.73 Å². The van der Waals surface area contributed by atoms with Crippen LogP contribution < -0.4 is 15.8 Å². The quantitative estimate of drug-likeness (QED) is 0.114. The molecule has 5 rings (SSSR count). The number of benzene rings is 3. The average Bonchev–Trinajstić information content (AvgIpc) is 3.38. The molecule has 2 heterocycles. The number of aromatic carboxylic acids is 1. The zero-order valence-corrected chi connectivity index (χ0v) is 29.6. The highest BCUT2D eigenvalue weighted by molar-refractivity contribution is 8.26. The summed E-state index contributed by atoms with van der Waals surface area (Å²) in [6.07, 6.45) is -8.96. The van der Waals surface area contributed by atoms with Crippen LogP contribution in [0.1, 0.15) is 33.5 Å². The number of hydrogen-bond acceptors (Lipinski definition) is 8. The minimum atomic E-state index is -5.07. The second kappa shape index (κ2) is 16.5. The molecular formula is C35H31F6N5O6S2. The molecule has 0 spiro atoms. The predicted molar refractivity (Wildman–Crippen MR) is 192 cm³/mol. The number of carboxylic acid groups (broad SMARTS) is 1. The van der Waals surface area contributed by atoms with Crippen molar-refractivity contribution in [3.8, 4) is 16.9 Å². The number of primary amides is 1. The predicted octanol–water partition coefficient (Wildman–Crippen LogP) is 6.39. The Bertz CT molecular complexity index is 1950. The lowest BCUT2D eigenvalue weighted by molar-refractivity contribution is -0.143. The summed E-state index contributed by atoms with van der Waals surface area (Å²) in [5.74, 6) is -2.04. The first-order valence-corrected chi connectivity index (χ1v) is 17.3. The van der Waals surface area contributed by atoms with E-state index in [4.69, 9.17) is 27.8 Å². The number of alkyl halides is 6. The van der Waals surface area contributed by atoms with Crippen LogP contribution in [0, 0.1) is 0 Å². The summed E-state index contributed by atoms with van der Waals surface area (Å²) in [5, 5.41) is 11.7. The van der Waals surface area contributed by atoms with E-state index in [0.717, 1.165) is 11.8 Å². The summed E-state index contributed by atoms with van der Waals surface area (Å²) < 4.78 is 88.1. The lowest BCUT2D eigenvalue weighted by Crippen LogP contribution is -2.51. The van der Waals surface area contributed by atoms with Crippen molar-refractivity contribution >= 4 is 63.9 Å². The zero-order valence-electron chi connectivity index (χ0n) is 28.0. The molecule has 0 aliphatic carbocycles. The number of anilines is 1. The van der Waals surface area contributed by atoms with Crippen LogP contribution in [0.3, 0.4) is 0 Å². The molecule has 2 fully saturated rings. The van der Waals surface area contributed by atoms with Crippen LogP contribution >= 0.6 is 24.0 Å². The third kappa shape index (κ3) is 10.1. The van der Waals surface area contributed by atoms with Gasteiger partial charge in [0.1, 0.15) is 16.7 Å². The van der Waals surface area contributed by atoms with Gasteiger partial charge in [-0.1, -0.05) is 30.0 Å². The maximum Gasteiger partial charge on any atom is 0.416 e. The second-order valence-corrected chi connectivity index (χ2v) is 13.8. The van der Waals surface area contributed by atoms with Crippen molar-refractivity contribution in [3.63, 3.8) is 0 Å². The van der Waals surface area contributed by atoms with E-state index < -0.39 is 47.3 Å². The Kier molecular flexibility index (Phi) is 12.2. The molecule has 0 saturated carbocycles. The largest absolute Gasteiger partial charge is 0.492 e. The van der Waals surface area contributed by atoms with E-state index in [1.165, 1.54) is 58.3 Å². The summed E-state index contributed by atoms with van der Waals surface area (Å²) in [7, 11) is 0. The molecule has 0 aromatic heterocycles. The van der Waals surface area contributed by atoms with Crippen LogP contribution in [0.2, 0.25) is 0 Å². The van der Waals surface area contributed by atoms with Gasteiger partial charge >= 0.3 is 24.4 Å². The first kappa shape index (κ1) is 40.1. The topological polar surface area (TPSA) is 146 Å². The number of amides is 4. The number of nitrogens with one attached hydrogen (secondary N) is 1. The summed E-state index contributed by atoms with van der Waals surface area (Å²) in [5.41, 5.74) is 2.49. The maximum atomic E-state index is 13.7. The monoisotopic (exact) mass is 795 g/mol. The van der Waals surface area contributed by atoms with Gasteiger partial charge < -0.3 is 25.8 Å². The van der Waals surface area contributed by atoms with Gasteiger partial charge in [-0.3, -0.25) is 19.4 Å². The Labute approximate surface area is 313 Å². The SMILES string of the molecule is NC(=O)N1CCN(CCOc2ccc(-c3cc(C(F)(F)F)cc(C(F)(F)F)c3)cc2/C=C2\SC(=S)N(CCC(=O)Nc3ccc(C(=O)O)cc3)C2=O)CC1. The highest BCUT2D eigenvalue weighted by Gasteiger charge is 2.37. The number of nitrogens with two attached hydrogens (primary N) is 1. The first-order chi connectivity index (χ1) is 25.4. The van der Waals surface area contributed by atoms with E-state index >= 15 is 0 Å². The minimum Gasteiger partial charge on any atom is -0.492 e. The molecule has 0 bridgehead atoms. The third-order valence-electron chi connectivity index (χ3n) is 8.42. The average molecular weight is 796 g/mol. The highest BCUT2D eigenvalue weighted by atomic mass is 32.2. The van der Waals surface area contributed by atoms with Gasteiger partial charge in [0.15, 0.2) is 0 Å². The number of thioether (sulfide) groups is 1. The number of urea groups is 1.